The monoisotopic (exact) mass is 249 g/mol. The molecule has 0 radical (unpaired) electrons. The van der Waals surface area contributed by atoms with E-state index in [9.17, 15) is 0 Å². The van der Waals surface area contributed by atoms with Crippen molar-refractivity contribution in [2.75, 3.05) is 24.4 Å². The number of anilines is 2. The Hall–Kier alpha value is -1.36. The molecule has 0 bridgehead atoms. The molecule has 1 fully saturated rings. The Morgan fingerprint density at radius 3 is 2.56 bits per heavy atom. The van der Waals surface area contributed by atoms with E-state index in [-0.39, 0.29) is 0 Å². The van der Waals surface area contributed by atoms with Crippen LogP contribution in [0.15, 0.2) is 12.3 Å². The van der Waals surface area contributed by atoms with Crippen molar-refractivity contribution in [2.45, 2.75) is 45.2 Å². The van der Waals surface area contributed by atoms with Gasteiger partial charge < -0.3 is 10.3 Å². The van der Waals surface area contributed by atoms with E-state index in [0.717, 1.165) is 11.8 Å². The number of rotatable bonds is 3. The molecule has 0 spiro atoms. The van der Waals surface area contributed by atoms with Crippen molar-refractivity contribution in [3.8, 4) is 0 Å². The molecule has 1 saturated heterocycles. The molecule has 1 aliphatic heterocycles. The number of hydrogen-bond donors (Lipinski definition) is 1. The average Bonchev–Trinajstić information content (AvgIpc) is 2.34. The molecule has 2 rings (SSSR count). The van der Waals surface area contributed by atoms with Crippen molar-refractivity contribution in [3.05, 3.63) is 12.3 Å². The summed E-state index contributed by atoms with van der Waals surface area (Å²) in [4.78, 5) is 10.6. The zero-order chi connectivity index (χ0) is 13.1. The maximum absolute atomic E-state index is 4.50. The fourth-order valence-electron chi connectivity index (χ4n) is 2.40. The van der Waals surface area contributed by atoms with Crippen molar-refractivity contribution < 1.29 is 0 Å². The van der Waals surface area contributed by atoms with Gasteiger partial charge in [-0.2, -0.15) is 4.98 Å². The molecular formula is C13H23N5. The lowest BCUT2D eigenvalue weighted by Gasteiger charge is -2.39. The van der Waals surface area contributed by atoms with Crippen molar-refractivity contribution in [2.24, 2.45) is 0 Å². The Morgan fingerprint density at radius 2 is 1.94 bits per heavy atom. The minimum Gasteiger partial charge on any atom is -0.347 e. The molecule has 1 N–H and O–H groups in total. The first-order chi connectivity index (χ1) is 8.58. The standard InChI is InChI=1S/C13H23N5/c1-10-6-5-7-11(2)18(10)16-12-8-9-14-13(15-12)17(3)4/h8-11H,5-7H2,1-4H3,(H,14,15,16). The second-order valence-corrected chi connectivity index (χ2v) is 5.28. The average molecular weight is 249 g/mol. The molecule has 1 aliphatic rings. The molecule has 0 amide bonds. The van der Waals surface area contributed by atoms with Crippen molar-refractivity contribution in [1.29, 1.82) is 0 Å². The molecule has 2 atom stereocenters. The fraction of sp³-hybridized carbons (Fsp3) is 0.692. The molecule has 100 valence electrons. The SMILES string of the molecule is CC1CCCC(C)N1Nc1ccnc(N(C)C)n1. The van der Waals surface area contributed by atoms with E-state index in [2.05, 4.69) is 34.3 Å². The highest BCUT2D eigenvalue weighted by Gasteiger charge is 2.24. The van der Waals surface area contributed by atoms with Crippen molar-refractivity contribution in [3.63, 3.8) is 0 Å². The van der Waals surface area contributed by atoms with E-state index >= 15 is 0 Å². The van der Waals surface area contributed by atoms with Gasteiger partial charge in [-0.3, -0.25) is 0 Å². The lowest BCUT2D eigenvalue weighted by molar-refractivity contribution is 0.135. The van der Waals surface area contributed by atoms with Crippen LogP contribution < -0.4 is 10.3 Å². The Morgan fingerprint density at radius 1 is 1.28 bits per heavy atom. The molecule has 0 aromatic carbocycles. The third kappa shape index (κ3) is 2.90. The van der Waals surface area contributed by atoms with Crippen LogP contribution >= 0.6 is 0 Å². The predicted octanol–water partition coefficient (Wildman–Crippen LogP) is 2.13. The molecule has 18 heavy (non-hydrogen) atoms. The number of aromatic nitrogens is 2. The van der Waals surface area contributed by atoms with E-state index in [0.29, 0.717) is 12.1 Å². The maximum Gasteiger partial charge on any atom is 0.226 e. The van der Waals surface area contributed by atoms with E-state index in [4.69, 9.17) is 0 Å². The highest BCUT2D eigenvalue weighted by atomic mass is 15.5. The first-order valence-corrected chi connectivity index (χ1v) is 6.63. The quantitative estimate of drug-likeness (QED) is 0.889. The maximum atomic E-state index is 4.50. The van der Waals surface area contributed by atoms with Crippen LogP contribution in [0.2, 0.25) is 0 Å². The zero-order valence-electron chi connectivity index (χ0n) is 11.7. The van der Waals surface area contributed by atoms with Gasteiger partial charge in [0.2, 0.25) is 5.95 Å². The summed E-state index contributed by atoms with van der Waals surface area (Å²) in [5.74, 6) is 1.60. The minimum atomic E-state index is 0.548. The Balaban J connectivity index is 2.10. The minimum absolute atomic E-state index is 0.548. The van der Waals surface area contributed by atoms with E-state index in [1.807, 2.05) is 25.1 Å². The summed E-state index contributed by atoms with van der Waals surface area (Å²) >= 11 is 0. The van der Waals surface area contributed by atoms with Crippen LogP contribution in [0, 0.1) is 0 Å². The van der Waals surface area contributed by atoms with Crippen LogP contribution in [0.25, 0.3) is 0 Å². The number of nitrogens with zero attached hydrogens (tertiary/aromatic N) is 4. The highest BCUT2D eigenvalue weighted by Crippen LogP contribution is 2.23. The van der Waals surface area contributed by atoms with E-state index in [1.165, 1.54) is 19.3 Å². The number of nitrogens with one attached hydrogen (secondary N) is 1. The third-order valence-electron chi connectivity index (χ3n) is 3.48. The van der Waals surface area contributed by atoms with Gasteiger partial charge in [-0.05, 0) is 26.7 Å². The van der Waals surface area contributed by atoms with Crippen LogP contribution in [-0.4, -0.2) is 41.2 Å². The second kappa shape index (κ2) is 5.52. The number of piperidine rings is 1. The van der Waals surface area contributed by atoms with Crippen LogP contribution in [-0.2, 0) is 0 Å². The Kier molecular flexibility index (Phi) is 4.01. The van der Waals surface area contributed by atoms with Gasteiger partial charge >= 0.3 is 0 Å². The van der Waals surface area contributed by atoms with Crippen LogP contribution in [0.1, 0.15) is 33.1 Å². The first kappa shape index (κ1) is 13.1. The van der Waals surface area contributed by atoms with Gasteiger partial charge in [0.1, 0.15) is 5.82 Å². The largest absolute Gasteiger partial charge is 0.347 e. The molecular weight excluding hydrogens is 226 g/mol. The Bertz CT molecular complexity index is 383. The normalized spacial score (nSPS) is 24.9. The molecule has 5 nitrogen and oxygen atoms in total. The van der Waals surface area contributed by atoms with Gasteiger partial charge in [0.05, 0.1) is 0 Å². The van der Waals surface area contributed by atoms with Crippen LogP contribution in [0.4, 0.5) is 11.8 Å². The summed E-state index contributed by atoms with van der Waals surface area (Å²) in [6.07, 6.45) is 5.59. The molecule has 0 saturated carbocycles. The summed E-state index contributed by atoms with van der Waals surface area (Å²) in [5.41, 5.74) is 3.43. The second-order valence-electron chi connectivity index (χ2n) is 5.28. The summed E-state index contributed by atoms with van der Waals surface area (Å²) in [5, 5.41) is 2.31. The van der Waals surface area contributed by atoms with Gasteiger partial charge in [-0.15, -0.1) is 0 Å². The van der Waals surface area contributed by atoms with Gasteiger partial charge in [0.25, 0.3) is 0 Å². The van der Waals surface area contributed by atoms with Crippen molar-refractivity contribution in [1.82, 2.24) is 15.0 Å². The summed E-state index contributed by atoms with van der Waals surface area (Å²) < 4.78 is 0. The molecule has 2 heterocycles. The van der Waals surface area contributed by atoms with E-state index < -0.39 is 0 Å². The van der Waals surface area contributed by atoms with Gasteiger partial charge in [-0.1, -0.05) is 6.42 Å². The van der Waals surface area contributed by atoms with Gasteiger partial charge in [-0.25, -0.2) is 9.99 Å². The summed E-state index contributed by atoms with van der Waals surface area (Å²) in [6.45, 7) is 4.52. The van der Waals surface area contributed by atoms with Crippen molar-refractivity contribution >= 4 is 11.8 Å². The summed E-state index contributed by atoms with van der Waals surface area (Å²) in [7, 11) is 3.90. The Labute approximate surface area is 109 Å². The summed E-state index contributed by atoms with van der Waals surface area (Å²) in [6, 6.07) is 3.01. The third-order valence-corrected chi connectivity index (χ3v) is 3.48. The molecule has 1 aromatic heterocycles. The predicted molar refractivity (Wildman–Crippen MR) is 74.6 cm³/mol. The van der Waals surface area contributed by atoms with Gasteiger partial charge in [0, 0.05) is 38.4 Å². The smallest absolute Gasteiger partial charge is 0.226 e. The number of hydrazine groups is 1. The van der Waals surface area contributed by atoms with Gasteiger partial charge in [0.15, 0.2) is 0 Å². The van der Waals surface area contributed by atoms with Crippen LogP contribution in [0.5, 0.6) is 0 Å². The molecule has 1 aromatic rings. The van der Waals surface area contributed by atoms with E-state index in [1.54, 1.807) is 6.20 Å². The topological polar surface area (TPSA) is 44.3 Å². The number of hydrogen-bond acceptors (Lipinski definition) is 5. The lowest BCUT2D eigenvalue weighted by atomic mass is 10.00. The molecule has 0 aliphatic carbocycles. The lowest BCUT2D eigenvalue weighted by Crippen LogP contribution is -2.47. The fourth-order valence-corrected chi connectivity index (χ4v) is 2.40. The van der Waals surface area contributed by atoms with Crippen LogP contribution in [0.3, 0.4) is 0 Å². The first-order valence-electron chi connectivity index (χ1n) is 6.63. The highest BCUT2D eigenvalue weighted by molar-refractivity contribution is 5.39. The molecule has 2 unspecified atom stereocenters. The zero-order valence-corrected chi connectivity index (χ0v) is 11.7. The molecule has 5 heteroatoms.